The van der Waals surface area contributed by atoms with Gasteiger partial charge in [-0.25, -0.2) is 0 Å². The predicted octanol–water partition coefficient (Wildman–Crippen LogP) is 1.78. The molecule has 1 saturated heterocycles. The van der Waals surface area contributed by atoms with Gasteiger partial charge in [-0.05, 0) is 24.1 Å². The van der Waals surface area contributed by atoms with E-state index in [9.17, 15) is 0 Å². The van der Waals surface area contributed by atoms with Crippen molar-refractivity contribution >= 4 is 0 Å². The van der Waals surface area contributed by atoms with Crippen LogP contribution in [0.1, 0.15) is 17.5 Å². The van der Waals surface area contributed by atoms with E-state index in [2.05, 4.69) is 11.0 Å². The van der Waals surface area contributed by atoms with Crippen LogP contribution in [0.4, 0.5) is 0 Å². The third kappa shape index (κ3) is 2.60. The lowest BCUT2D eigenvalue weighted by Gasteiger charge is -2.15. The number of benzene rings is 1. The molecule has 0 bridgehead atoms. The number of ether oxygens (including phenoxy) is 1. The summed E-state index contributed by atoms with van der Waals surface area (Å²) in [5.74, 6) is 0. The minimum atomic E-state index is 0.387. The maximum Gasteiger partial charge on any atom is 0.0991 e. The van der Waals surface area contributed by atoms with Crippen molar-refractivity contribution in [2.75, 3.05) is 20.2 Å². The number of nitrogens with zero attached hydrogens (tertiary/aromatic N) is 2. The van der Waals surface area contributed by atoms with E-state index in [0.29, 0.717) is 6.10 Å². The lowest BCUT2D eigenvalue weighted by atomic mass is 10.1. The molecular formula is C13H16N2O. The summed E-state index contributed by atoms with van der Waals surface area (Å²) in [7, 11) is 1.77. The van der Waals surface area contributed by atoms with E-state index in [-0.39, 0.29) is 0 Å². The molecule has 3 heteroatoms. The van der Waals surface area contributed by atoms with Gasteiger partial charge in [0.15, 0.2) is 0 Å². The molecule has 1 heterocycles. The minimum absolute atomic E-state index is 0.387. The van der Waals surface area contributed by atoms with Crippen molar-refractivity contribution < 1.29 is 4.74 Å². The third-order valence-electron chi connectivity index (χ3n) is 3.05. The topological polar surface area (TPSA) is 36.3 Å². The van der Waals surface area contributed by atoms with E-state index < -0.39 is 0 Å². The number of hydrogen-bond donors (Lipinski definition) is 0. The van der Waals surface area contributed by atoms with Crippen LogP contribution in [-0.4, -0.2) is 31.2 Å². The summed E-state index contributed by atoms with van der Waals surface area (Å²) in [5.41, 5.74) is 1.98. The molecule has 1 fully saturated rings. The SMILES string of the molecule is COC1CCN(Cc2ccc(C#N)cc2)C1. The van der Waals surface area contributed by atoms with E-state index in [4.69, 9.17) is 10.00 Å². The lowest BCUT2D eigenvalue weighted by Crippen LogP contribution is -2.22. The fourth-order valence-corrected chi connectivity index (χ4v) is 2.08. The standard InChI is InChI=1S/C13H16N2O/c1-16-13-6-7-15(10-13)9-12-4-2-11(8-14)3-5-12/h2-5,13H,6-7,9-10H2,1H3. The first-order valence-electron chi connectivity index (χ1n) is 5.56. The van der Waals surface area contributed by atoms with Crippen molar-refractivity contribution in [2.45, 2.75) is 19.1 Å². The predicted molar refractivity (Wildman–Crippen MR) is 61.8 cm³/mol. The molecule has 1 aromatic rings. The van der Waals surface area contributed by atoms with Gasteiger partial charge in [0.05, 0.1) is 17.7 Å². The van der Waals surface area contributed by atoms with Gasteiger partial charge in [0.1, 0.15) is 0 Å². The number of rotatable bonds is 3. The van der Waals surface area contributed by atoms with E-state index in [1.807, 2.05) is 24.3 Å². The normalized spacial score (nSPS) is 20.9. The molecule has 0 aliphatic carbocycles. The highest BCUT2D eigenvalue weighted by molar-refractivity contribution is 5.31. The summed E-state index contributed by atoms with van der Waals surface area (Å²) in [5, 5.41) is 8.70. The Balaban J connectivity index is 1.92. The molecule has 1 aromatic carbocycles. The van der Waals surface area contributed by atoms with E-state index in [1.165, 1.54) is 5.56 Å². The van der Waals surface area contributed by atoms with Crippen LogP contribution in [0.15, 0.2) is 24.3 Å². The van der Waals surface area contributed by atoms with Gasteiger partial charge in [-0.2, -0.15) is 5.26 Å². The largest absolute Gasteiger partial charge is 0.380 e. The monoisotopic (exact) mass is 216 g/mol. The van der Waals surface area contributed by atoms with Gasteiger partial charge in [0.2, 0.25) is 0 Å². The Labute approximate surface area is 96.2 Å². The summed E-state index contributed by atoms with van der Waals surface area (Å²) >= 11 is 0. The molecule has 1 unspecified atom stereocenters. The maximum atomic E-state index is 8.70. The van der Waals surface area contributed by atoms with E-state index in [0.717, 1.165) is 31.6 Å². The first kappa shape index (κ1) is 11.1. The van der Waals surface area contributed by atoms with Crippen LogP contribution in [0.2, 0.25) is 0 Å². The fraction of sp³-hybridized carbons (Fsp3) is 0.462. The van der Waals surface area contributed by atoms with E-state index >= 15 is 0 Å². The minimum Gasteiger partial charge on any atom is -0.380 e. The zero-order valence-corrected chi connectivity index (χ0v) is 9.52. The van der Waals surface area contributed by atoms with Crippen LogP contribution in [0.25, 0.3) is 0 Å². The Morgan fingerprint density at radius 2 is 2.19 bits per heavy atom. The van der Waals surface area contributed by atoms with E-state index in [1.54, 1.807) is 7.11 Å². The lowest BCUT2D eigenvalue weighted by molar-refractivity contribution is 0.107. The fourth-order valence-electron chi connectivity index (χ4n) is 2.08. The van der Waals surface area contributed by atoms with Gasteiger partial charge in [0.25, 0.3) is 0 Å². The molecular weight excluding hydrogens is 200 g/mol. The number of likely N-dealkylation sites (tertiary alicyclic amines) is 1. The summed E-state index contributed by atoms with van der Waals surface area (Å²) in [6.45, 7) is 3.06. The summed E-state index contributed by atoms with van der Waals surface area (Å²) in [4.78, 5) is 2.38. The van der Waals surface area contributed by atoms with Crippen LogP contribution in [0.5, 0.6) is 0 Å². The van der Waals surface area contributed by atoms with Crippen LogP contribution in [-0.2, 0) is 11.3 Å². The Morgan fingerprint density at radius 3 is 2.75 bits per heavy atom. The second kappa shape index (κ2) is 5.11. The molecule has 0 aromatic heterocycles. The van der Waals surface area contributed by atoms with Gasteiger partial charge in [-0.3, -0.25) is 4.90 Å². The molecule has 1 aliphatic heterocycles. The summed E-state index contributed by atoms with van der Waals surface area (Å²) in [6.07, 6.45) is 1.51. The highest BCUT2D eigenvalue weighted by Crippen LogP contribution is 2.15. The average molecular weight is 216 g/mol. The summed E-state index contributed by atoms with van der Waals surface area (Å²) < 4.78 is 5.33. The molecule has 0 radical (unpaired) electrons. The second-order valence-electron chi connectivity index (χ2n) is 4.19. The molecule has 16 heavy (non-hydrogen) atoms. The average Bonchev–Trinajstić information content (AvgIpc) is 2.78. The molecule has 1 atom stereocenters. The highest BCUT2D eigenvalue weighted by atomic mass is 16.5. The van der Waals surface area contributed by atoms with Crippen LogP contribution >= 0.6 is 0 Å². The van der Waals surface area contributed by atoms with Crippen molar-refractivity contribution in [2.24, 2.45) is 0 Å². The van der Waals surface area contributed by atoms with Gasteiger partial charge in [-0.15, -0.1) is 0 Å². The molecule has 0 N–H and O–H groups in total. The molecule has 1 aliphatic rings. The quantitative estimate of drug-likeness (QED) is 0.772. The highest BCUT2D eigenvalue weighted by Gasteiger charge is 2.21. The van der Waals surface area contributed by atoms with Gasteiger partial charge < -0.3 is 4.74 Å². The number of methoxy groups -OCH3 is 1. The first-order chi connectivity index (χ1) is 7.81. The molecule has 3 nitrogen and oxygen atoms in total. The number of nitriles is 1. The van der Waals surface area contributed by atoms with Gasteiger partial charge in [-0.1, -0.05) is 12.1 Å². The Morgan fingerprint density at radius 1 is 1.44 bits per heavy atom. The van der Waals surface area contributed by atoms with Crippen LogP contribution < -0.4 is 0 Å². The zero-order chi connectivity index (χ0) is 11.4. The second-order valence-corrected chi connectivity index (χ2v) is 4.19. The molecule has 84 valence electrons. The van der Waals surface area contributed by atoms with Crippen molar-refractivity contribution in [3.05, 3.63) is 35.4 Å². The molecule has 0 saturated carbocycles. The van der Waals surface area contributed by atoms with Crippen LogP contribution in [0, 0.1) is 11.3 Å². The summed E-state index contributed by atoms with van der Waals surface area (Å²) in [6, 6.07) is 9.93. The third-order valence-corrected chi connectivity index (χ3v) is 3.05. The maximum absolute atomic E-state index is 8.70. The molecule has 0 amide bonds. The first-order valence-corrected chi connectivity index (χ1v) is 5.56. The molecule has 2 rings (SSSR count). The van der Waals surface area contributed by atoms with Crippen molar-refractivity contribution in [1.82, 2.24) is 4.90 Å². The Kier molecular flexibility index (Phi) is 3.55. The van der Waals surface area contributed by atoms with Crippen LogP contribution in [0.3, 0.4) is 0 Å². The van der Waals surface area contributed by atoms with Gasteiger partial charge >= 0.3 is 0 Å². The number of hydrogen-bond acceptors (Lipinski definition) is 3. The Bertz CT molecular complexity index is 380. The van der Waals surface area contributed by atoms with Gasteiger partial charge in [0, 0.05) is 26.7 Å². The smallest absolute Gasteiger partial charge is 0.0991 e. The van der Waals surface area contributed by atoms with Crippen molar-refractivity contribution in [1.29, 1.82) is 5.26 Å². The van der Waals surface area contributed by atoms with Crippen molar-refractivity contribution in [3.63, 3.8) is 0 Å². The zero-order valence-electron chi connectivity index (χ0n) is 9.52. The Hall–Kier alpha value is -1.37. The molecule has 0 spiro atoms. The van der Waals surface area contributed by atoms with Crippen molar-refractivity contribution in [3.8, 4) is 6.07 Å².